The number of imide groups is 1. The van der Waals surface area contributed by atoms with Crippen molar-refractivity contribution in [3.63, 3.8) is 0 Å². The lowest BCUT2D eigenvalue weighted by atomic mass is 9.84. The first-order valence-electron chi connectivity index (χ1n) is 13.4. The van der Waals surface area contributed by atoms with Crippen molar-refractivity contribution in [1.82, 2.24) is 20.0 Å². The van der Waals surface area contributed by atoms with Crippen molar-refractivity contribution in [3.8, 4) is 0 Å². The molecule has 3 heterocycles. The van der Waals surface area contributed by atoms with Crippen molar-refractivity contribution in [2.24, 2.45) is 11.8 Å². The molecule has 0 bridgehead atoms. The third kappa shape index (κ3) is 5.65. The van der Waals surface area contributed by atoms with Crippen LogP contribution < -0.4 is 5.32 Å². The lowest BCUT2D eigenvalue weighted by molar-refractivity contribution is -0.142. The van der Waals surface area contributed by atoms with Crippen molar-refractivity contribution in [2.75, 3.05) is 39.9 Å². The quantitative estimate of drug-likeness (QED) is 0.418. The van der Waals surface area contributed by atoms with Crippen LogP contribution in [0.25, 0.3) is 0 Å². The van der Waals surface area contributed by atoms with E-state index in [9.17, 15) is 36.7 Å². The van der Waals surface area contributed by atoms with Crippen LogP contribution in [0, 0.1) is 17.7 Å². The third-order valence-electron chi connectivity index (χ3n) is 8.18. The zero-order valence-corrected chi connectivity index (χ0v) is 22.7. The van der Waals surface area contributed by atoms with E-state index in [1.807, 2.05) is 0 Å². The van der Waals surface area contributed by atoms with E-state index < -0.39 is 52.4 Å². The van der Waals surface area contributed by atoms with Gasteiger partial charge in [0.1, 0.15) is 17.4 Å². The molecule has 3 aliphatic heterocycles. The van der Waals surface area contributed by atoms with Crippen LogP contribution in [-0.2, 0) is 20.5 Å². The number of urea groups is 1. The Kier molecular flexibility index (Phi) is 8.44. The molecule has 3 aliphatic rings. The summed E-state index contributed by atoms with van der Waals surface area (Å²) in [5.74, 6) is -3.35. The second kappa shape index (κ2) is 11.3. The molecule has 0 unspecified atom stereocenters. The summed E-state index contributed by atoms with van der Waals surface area (Å²) in [4.78, 5) is 56.8. The zero-order valence-electron chi connectivity index (χ0n) is 22.7. The highest BCUT2D eigenvalue weighted by molar-refractivity contribution is 6.07. The van der Waals surface area contributed by atoms with Crippen molar-refractivity contribution in [3.05, 3.63) is 35.1 Å². The average Bonchev–Trinajstić information content (AvgIpc) is 3.08. The number of nitrogens with zero attached hydrogens (tertiary/aromatic N) is 3. The second-order valence-electron chi connectivity index (χ2n) is 11.1. The summed E-state index contributed by atoms with van der Waals surface area (Å²) in [6, 6.07) is 0.0168. The molecule has 1 aromatic carbocycles. The number of benzene rings is 1. The summed E-state index contributed by atoms with van der Waals surface area (Å²) >= 11 is 0. The fourth-order valence-corrected chi connectivity index (χ4v) is 5.70. The van der Waals surface area contributed by atoms with Gasteiger partial charge in [-0.3, -0.25) is 19.3 Å². The molecular formula is C27H34F4N4O5. The number of nitrogens with one attached hydrogen (secondary N) is 1. The van der Waals surface area contributed by atoms with Crippen LogP contribution in [0.2, 0.25) is 0 Å². The van der Waals surface area contributed by atoms with Crippen molar-refractivity contribution in [2.45, 2.75) is 57.3 Å². The van der Waals surface area contributed by atoms with Gasteiger partial charge in [0.05, 0.1) is 11.1 Å². The molecule has 13 heteroatoms. The highest BCUT2D eigenvalue weighted by Crippen LogP contribution is 2.38. The molecule has 220 valence electrons. The summed E-state index contributed by atoms with van der Waals surface area (Å²) in [6.45, 7) is 5.18. The first-order valence-corrected chi connectivity index (χ1v) is 13.4. The normalized spacial score (nSPS) is 20.9. The summed E-state index contributed by atoms with van der Waals surface area (Å²) < 4.78 is 59.0. The molecule has 0 saturated carbocycles. The molecule has 0 radical (unpaired) electrons. The molecule has 0 aromatic heterocycles. The molecule has 5 amide bonds. The van der Waals surface area contributed by atoms with E-state index in [1.54, 1.807) is 18.7 Å². The number of rotatable bonds is 6. The molecule has 1 aromatic rings. The number of alkyl halides is 3. The van der Waals surface area contributed by atoms with Gasteiger partial charge < -0.3 is 19.9 Å². The van der Waals surface area contributed by atoms with E-state index in [-0.39, 0.29) is 43.8 Å². The van der Waals surface area contributed by atoms with Crippen LogP contribution >= 0.6 is 0 Å². The molecule has 40 heavy (non-hydrogen) atoms. The Balaban J connectivity index is 1.47. The van der Waals surface area contributed by atoms with Crippen LogP contribution in [0.1, 0.15) is 55.5 Å². The summed E-state index contributed by atoms with van der Waals surface area (Å²) in [6.07, 6.45) is -2.80. The van der Waals surface area contributed by atoms with Crippen molar-refractivity contribution in [1.29, 1.82) is 0 Å². The minimum Gasteiger partial charge on any atom is -0.381 e. The molecule has 1 spiro atoms. The average molecular weight is 571 g/mol. The lowest BCUT2D eigenvalue weighted by Gasteiger charge is -2.44. The Morgan fingerprint density at radius 3 is 2.33 bits per heavy atom. The van der Waals surface area contributed by atoms with E-state index in [1.165, 1.54) is 11.9 Å². The maximum Gasteiger partial charge on any atom is 0.416 e. The maximum atomic E-state index is 14.3. The van der Waals surface area contributed by atoms with E-state index in [0.717, 1.165) is 17.7 Å². The lowest BCUT2D eigenvalue weighted by Crippen LogP contribution is -2.60. The second-order valence-corrected chi connectivity index (χ2v) is 11.1. The number of carbonyl (C=O) groups is 4. The number of ether oxygens (including phenoxy) is 1. The van der Waals surface area contributed by atoms with E-state index >= 15 is 0 Å². The van der Waals surface area contributed by atoms with E-state index in [2.05, 4.69) is 5.32 Å². The van der Waals surface area contributed by atoms with E-state index in [4.69, 9.17) is 4.74 Å². The molecule has 3 saturated heterocycles. The van der Waals surface area contributed by atoms with Gasteiger partial charge in [0.15, 0.2) is 0 Å². The minimum atomic E-state index is -4.77. The Bertz CT molecular complexity index is 1160. The molecule has 1 atom stereocenters. The molecule has 0 aliphatic carbocycles. The number of likely N-dealkylation sites (tertiary alicyclic amines) is 1. The van der Waals surface area contributed by atoms with Gasteiger partial charge in [0.25, 0.3) is 11.8 Å². The van der Waals surface area contributed by atoms with Gasteiger partial charge in [0.2, 0.25) is 5.91 Å². The number of carbonyl (C=O) groups excluding carboxylic acids is 4. The van der Waals surface area contributed by atoms with Gasteiger partial charge >= 0.3 is 12.2 Å². The molecular weight excluding hydrogens is 536 g/mol. The monoisotopic (exact) mass is 570 g/mol. The van der Waals surface area contributed by atoms with Crippen LogP contribution in [0.15, 0.2) is 18.2 Å². The fourth-order valence-electron chi connectivity index (χ4n) is 5.70. The van der Waals surface area contributed by atoms with Gasteiger partial charge in [-0.1, -0.05) is 13.8 Å². The minimum absolute atomic E-state index is 0.132. The number of piperidine rings is 1. The largest absolute Gasteiger partial charge is 0.416 e. The standard InChI is InChI=1S/C27H34F4N4O5/c1-16(2)21(32-22(36)19-14-18(27(29,30)31)4-5-20(19)28)23(37)34-10-8-26(9-11-34)24(38)33(3)25(39)35(26)15-17-6-12-40-13-7-17/h4-5,14,16-17,21H,6-13,15H2,1-3H3,(H,32,36)/t21-/m1/s1. The Morgan fingerprint density at radius 2 is 1.75 bits per heavy atom. The maximum absolute atomic E-state index is 14.3. The van der Waals surface area contributed by atoms with Gasteiger partial charge in [-0.05, 0) is 55.7 Å². The Labute approximate surface area is 229 Å². The van der Waals surface area contributed by atoms with Crippen LogP contribution in [-0.4, -0.2) is 89.9 Å². The molecule has 1 N–H and O–H groups in total. The first kappa shape index (κ1) is 29.8. The third-order valence-corrected chi connectivity index (χ3v) is 8.18. The highest BCUT2D eigenvalue weighted by atomic mass is 19.4. The highest BCUT2D eigenvalue weighted by Gasteiger charge is 2.57. The first-order chi connectivity index (χ1) is 18.8. The zero-order chi connectivity index (χ0) is 29.4. The molecule has 4 rings (SSSR count). The van der Waals surface area contributed by atoms with Crippen LogP contribution in [0.5, 0.6) is 0 Å². The predicted octanol–water partition coefficient (Wildman–Crippen LogP) is 3.28. The SMILES string of the molecule is CC(C)[C@@H](NC(=O)c1cc(C(F)(F)F)ccc1F)C(=O)N1CCC2(CC1)C(=O)N(C)C(=O)N2CC1CCOCC1. The molecule has 3 fully saturated rings. The topological polar surface area (TPSA) is 99.3 Å². The number of hydrogen-bond donors (Lipinski definition) is 1. The van der Waals surface area contributed by atoms with Crippen molar-refractivity contribution >= 4 is 23.8 Å². The number of hydrogen-bond acceptors (Lipinski definition) is 5. The Hall–Kier alpha value is -3.22. The predicted molar refractivity (Wildman–Crippen MR) is 134 cm³/mol. The van der Waals surface area contributed by atoms with Crippen LogP contribution in [0.4, 0.5) is 22.4 Å². The van der Waals surface area contributed by atoms with Crippen LogP contribution in [0.3, 0.4) is 0 Å². The Morgan fingerprint density at radius 1 is 1.12 bits per heavy atom. The summed E-state index contributed by atoms with van der Waals surface area (Å²) in [7, 11) is 1.45. The smallest absolute Gasteiger partial charge is 0.381 e. The number of amides is 5. The van der Waals surface area contributed by atoms with Gasteiger partial charge in [-0.25, -0.2) is 9.18 Å². The summed E-state index contributed by atoms with van der Waals surface area (Å²) in [5.41, 5.74) is -3.06. The van der Waals surface area contributed by atoms with Crippen molar-refractivity contribution < 1.29 is 41.5 Å². The van der Waals surface area contributed by atoms with Gasteiger partial charge in [0, 0.05) is 39.9 Å². The van der Waals surface area contributed by atoms with Gasteiger partial charge in [-0.2, -0.15) is 13.2 Å². The van der Waals surface area contributed by atoms with Gasteiger partial charge in [-0.15, -0.1) is 0 Å². The molecule has 9 nitrogen and oxygen atoms in total. The number of likely N-dealkylation sites (N-methyl/N-ethyl adjacent to an activating group) is 1. The summed E-state index contributed by atoms with van der Waals surface area (Å²) in [5, 5.41) is 2.41. The van der Waals surface area contributed by atoms with E-state index in [0.29, 0.717) is 38.0 Å². The fraction of sp³-hybridized carbons (Fsp3) is 0.630. The number of halogens is 4.